The molecule has 0 aromatic rings. The molecule has 0 N–H and O–H groups in total. The second-order valence-corrected chi connectivity index (χ2v) is 4.71. The molecule has 0 saturated carbocycles. The molecule has 0 spiro atoms. The predicted octanol–water partition coefficient (Wildman–Crippen LogP) is 2.20. The van der Waals surface area contributed by atoms with Crippen molar-refractivity contribution in [3.05, 3.63) is 21.3 Å². The van der Waals surface area contributed by atoms with Gasteiger partial charge in [-0.25, -0.2) is 0 Å². The lowest BCUT2D eigenvalue weighted by Gasteiger charge is -2.24. The predicted molar refractivity (Wildman–Crippen MR) is 62.3 cm³/mol. The number of allylic oxidation sites excluding steroid dienone is 3. The molecule has 0 radical (unpaired) electrons. The summed E-state index contributed by atoms with van der Waals surface area (Å²) in [6.45, 7) is 3.04. The van der Waals surface area contributed by atoms with Gasteiger partial charge in [0.1, 0.15) is 10.7 Å². The summed E-state index contributed by atoms with van der Waals surface area (Å²) in [6.07, 6.45) is 2.02. The van der Waals surface area contributed by atoms with Gasteiger partial charge < -0.3 is 4.90 Å². The average molecular weight is 260 g/mol. The minimum Gasteiger partial charge on any atom is -0.367 e. The third-order valence-corrected chi connectivity index (χ3v) is 3.72. The highest BCUT2D eigenvalue weighted by Gasteiger charge is 2.34. The van der Waals surface area contributed by atoms with Crippen LogP contribution in [0.5, 0.6) is 0 Å². The van der Waals surface area contributed by atoms with Gasteiger partial charge >= 0.3 is 0 Å². The van der Waals surface area contributed by atoms with E-state index in [-0.39, 0.29) is 32.9 Å². The molecule has 0 amide bonds. The first-order valence-electron chi connectivity index (χ1n) is 5.14. The lowest BCUT2D eigenvalue weighted by molar-refractivity contribution is -0.116. The smallest absolute Gasteiger partial charge is 0.222 e. The Hall–Kier alpha value is -0.800. The van der Waals surface area contributed by atoms with E-state index >= 15 is 0 Å². The molecule has 2 aliphatic rings. The molecule has 0 aromatic heterocycles. The highest BCUT2D eigenvalue weighted by Crippen LogP contribution is 2.32. The van der Waals surface area contributed by atoms with E-state index in [1.54, 1.807) is 0 Å². The molecule has 1 aliphatic heterocycles. The van der Waals surface area contributed by atoms with Crippen molar-refractivity contribution in [3.63, 3.8) is 0 Å². The Bertz CT molecular complexity index is 431. The summed E-state index contributed by atoms with van der Waals surface area (Å²) in [5.41, 5.74) is 0.513. The molecule has 0 aromatic carbocycles. The third-order valence-electron chi connectivity index (χ3n) is 2.91. The molecule has 0 unspecified atom stereocenters. The number of hydrogen-bond acceptors (Lipinski definition) is 3. The number of hydrogen-bond donors (Lipinski definition) is 0. The molecule has 5 heteroatoms. The second-order valence-electron chi connectivity index (χ2n) is 3.95. The van der Waals surface area contributed by atoms with Gasteiger partial charge in [-0.15, -0.1) is 0 Å². The van der Waals surface area contributed by atoms with Crippen LogP contribution in [0, 0.1) is 0 Å². The first-order valence-corrected chi connectivity index (χ1v) is 5.90. The van der Waals surface area contributed by atoms with Crippen LogP contribution in [-0.2, 0) is 9.59 Å². The Morgan fingerprint density at radius 2 is 1.56 bits per heavy atom. The molecule has 1 fully saturated rings. The molecule has 86 valence electrons. The van der Waals surface area contributed by atoms with E-state index in [1.165, 1.54) is 6.92 Å². The standard InChI is InChI=1S/C11H11Cl2NO2/c1-6-7(12)11(16)9(8(13)10(6)15)14-4-2-3-5-14/h2-5H2,1H3. The summed E-state index contributed by atoms with van der Waals surface area (Å²) < 4.78 is 0. The van der Waals surface area contributed by atoms with Crippen LogP contribution in [0.3, 0.4) is 0 Å². The van der Waals surface area contributed by atoms with Gasteiger partial charge in [-0.05, 0) is 19.8 Å². The topological polar surface area (TPSA) is 37.4 Å². The minimum absolute atomic E-state index is 0.00343. The van der Waals surface area contributed by atoms with Crippen LogP contribution in [0.1, 0.15) is 19.8 Å². The quantitative estimate of drug-likeness (QED) is 0.678. The largest absolute Gasteiger partial charge is 0.367 e. The Kier molecular flexibility index (Phi) is 3.08. The van der Waals surface area contributed by atoms with E-state index in [2.05, 4.69) is 0 Å². The summed E-state index contributed by atoms with van der Waals surface area (Å²) in [5, 5.41) is 0.00472. The van der Waals surface area contributed by atoms with Crippen LogP contribution in [-0.4, -0.2) is 29.6 Å². The van der Waals surface area contributed by atoms with E-state index in [1.807, 2.05) is 4.90 Å². The number of carbonyl (C=O) groups is 2. The zero-order valence-corrected chi connectivity index (χ0v) is 10.4. The van der Waals surface area contributed by atoms with Crippen molar-refractivity contribution in [1.82, 2.24) is 4.90 Å². The lowest BCUT2D eigenvalue weighted by atomic mass is 10.0. The first kappa shape index (κ1) is 11.7. The summed E-state index contributed by atoms with van der Waals surface area (Å²) >= 11 is 11.8. The van der Waals surface area contributed by atoms with Gasteiger partial charge in [0.15, 0.2) is 0 Å². The normalized spacial score (nSPS) is 22.6. The maximum Gasteiger partial charge on any atom is 0.222 e. The van der Waals surface area contributed by atoms with E-state index in [4.69, 9.17) is 23.2 Å². The summed E-state index contributed by atoms with van der Waals surface area (Å²) in [5.74, 6) is -0.668. The number of nitrogens with zero attached hydrogens (tertiary/aromatic N) is 1. The van der Waals surface area contributed by atoms with Crippen molar-refractivity contribution in [3.8, 4) is 0 Å². The molecule has 0 bridgehead atoms. The van der Waals surface area contributed by atoms with Crippen molar-refractivity contribution in [2.75, 3.05) is 13.1 Å². The lowest BCUT2D eigenvalue weighted by Crippen LogP contribution is -2.30. The molecule has 16 heavy (non-hydrogen) atoms. The Morgan fingerprint density at radius 1 is 1.00 bits per heavy atom. The van der Waals surface area contributed by atoms with Crippen LogP contribution in [0.2, 0.25) is 0 Å². The van der Waals surface area contributed by atoms with Gasteiger partial charge in [0, 0.05) is 18.7 Å². The molecule has 1 aliphatic carbocycles. The molecular weight excluding hydrogens is 249 g/mol. The van der Waals surface area contributed by atoms with Gasteiger partial charge in [-0.1, -0.05) is 23.2 Å². The summed E-state index contributed by atoms with van der Waals surface area (Å²) in [4.78, 5) is 25.5. The van der Waals surface area contributed by atoms with E-state index in [9.17, 15) is 9.59 Å². The molecular formula is C11H11Cl2NO2. The fourth-order valence-electron chi connectivity index (χ4n) is 1.97. The summed E-state index contributed by atoms with van der Waals surface area (Å²) in [7, 11) is 0. The number of likely N-dealkylation sites (tertiary alicyclic amines) is 1. The van der Waals surface area contributed by atoms with Gasteiger partial charge in [-0.2, -0.15) is 0 Å². The third kappa shape index (κ3) is 1.68. The zero-order chi connectivity index (χ0) is 11.9. The molecule has 2 rings (SSSR count). The highest BCUT2D eigenvalue weighted by atomic mass is 35.5. The van der Waals surface area contributed by atoms with Crippen LogP contribution >= 0.6 is 23.2 Å². The van der Waals surface area contributed by atoms with Gasteiger partial charge in [0.25, 0.3) is 0 Å². The van der Waals surface area contributed by atoms with Gasteiger partial charge in [0.2, 0.25) is 11.6 Å². The van der Waals surface area contributed by atoms with Gasteiger partial charge in [0.05, 0.1) is 5.03 Å². The van der Waals surface area contributed by atoms with Crippen molar-refractivity contribution in [2.45, 2.75) is 19.8 Å². The number of Topliss-reactive ketones (excluding diaryl/α,β-unsaturated/α-hetero) is 2. The number of carbonyl (C=O) groups excluding carboxylic acids is 2. The van der Waals surface area contributed by atoms with Crippen LogP contribution in [0.25, 0.3) is 0 Å². The fraction of sp³-hybridized carbons (Fsp3) is 0.455. The molecule has 1 heterocycles. The maximum atomic E-state index is 12.0. The van der Waals surface area contributed by atoms with Crippen LogP contribution in [0.15, 0.2) is 21.3 Å². The molecule has 0 atom stereocenters. The average Bonchev–Trinajstić information content (AvgIpc) is 2.77. The van der Waals surface area contributed by atoms with Crippen molar-refractivity contribution >= 4 is 34.8 Å². The Labute approximate surface area is 104 Å². The van der Waals surface area contributed by atoms with E-state index in [0.717, 1.165) is 25.9 Å². The maximum absolute atomic E-state index is 12.0. The zero-order valence-electron chi connectivity index (χ0n) is 8.85. The number of rotatable bonds is 1. The van der Waals surface area contributed by atoms with Crippen molar-refractivity contribution in [2.24, 2.45) is 0 Å². The van der Waals surface area contributed by atoms with Crippen molar-refractivity contribution in [1.29, 1.82) is 0 Å². The summed E-state index contributed by atoms with van der Waals surface area (Å²) in [6, 6.07) is 0. The van der Waals surface area contributed by atoms with Crippen LogP contribution < -0.4 is 0 Å². The fourth-order valence-corrected chi connectivity index (χ4v) is 2.49. The number of halogens is 2. The van der Waals surface area contributed by atoms with Crippen molar-refractivity contribution < 1.29 is 9.59 Å². The first-order chi connectivity index (χ1) is 7.54. The Balaban J connectivity index is 2.44. The monoisotopic (exact) mass is 259 g/mol. The Morgan fingerprint density at radius 3 is 2.12 bits per heavy atom. The second kappa shape index (κ2) is 4.22. The van der Waals surface area contributed by atoms with E-state index in [0.29, 0.717) is 0 Å². The number of ketones is 2. The molecule has 1 saturated heterocycles. The SMILES string of the molecule is CC1=C(Cl)C(=O)C(N2CCCC2)=C(Cl)C1=O. The minimum atomic E-state index is -0.340. The van der Waals surface area contributed by atoms with E-state index < -0.39 is 0 Å². The molecule has 3 nitrogen and oxygen atoms in total. The van der Waals surface area contributed by atoms with Gasteiger partial charge in [-0.3, -0.25) is 9.59 Å². The highest BCUT2D eigenvalue weighted by molar-refractivity contribution is 6.55. The van der Waals surface area contributed by atoms with Crippen LogP contribution in [0.4, 0.5) is 0 Å².